The maximum absolute atomic E-state index is 11.1. The molecule has 0 bridgehead atoms. The topological polar surface area (TPSA) is 72.9 Å². The van der Waals surface area contributed by atoms with Crippen molar-refractivity contribution in [1.82, 2.24) is 15.1 Å². The summed E-state index contributed by atoms with van der Waals surface area (Å²) in [5.41, 5.74) is 5.29. The van der Waals surface area contributed by atoms with Gasteiger partial charge in [-0.05, 0) is 19.0 Å². The maximum atomic E-state index is 11.1. The molecule has 78 valence electrons. The van der Waals surface area contributed by atoms with Crippen LogP contribution in [-0.4, -0.2) is 28.8 Å². The van der Waals surface area contributed by atoms with E-state index in [1.54, 1.807) is 10.9 Å². The van der Waals surface area contributed by atoms with Gasteiger partial charge in [-0.25, -0.2) is 0 Å². The second kappa shape index (κ2) is 6.15. The molecular weight excluding hydrogens is 180 g/mol. The van der Waals surface area contributed by atoms with Crippen molar-refractivity contribution in [3.8, 4) is 0 Å². The summed E-state index contributed by atoms with van der Waals surface area (Å²) in [5, 5.41) is 6.82. The molecular formula is C9H16N4O. The van der Waals surface area contributed by atoms with Gasteiger partial charge in [0.2, 0.25) is 5.91 Å². The molecule has 1 heterocycles. The molecule has 1 aromatic rings. The predicted molar refractivity (Wildman–Crippen MR) is 53.5 cm³/mol. The monoisotopic (exact) mass is 196 g/mol. The van der Waals surface area contributed by atoms with Gasteiger partial charge in [-0.2, -0.15) is 5.10 Å². The minimum atomic E-state index is 0.0580. The molecule has 0 unspecified atom stereocenters. The van der Waals surface area contributed by atoms with E-state index in [2.05, 4.69) is 10.4 Å². The Morgan fingerprint density at radius 1 is 1.57 bits per heavy atom. The number of hydrogen-bond acceptors (Lipinski definition) is 3. The largest absolute Gasteiger partial charge is 0.354 e. The van der Waals surface area contributed by atoms with Crippen molar-refractivity contribution in [2.45, 2.75) is 19.4 Å². The van der Waals surface area contributed by atoms with Crippen molar-refractivity contribution in [2.75, 3.05) is 13.1 Å². The quantitative estimate of drug-likeness (QED) is 0.658. The zero-order valence-electron chi connectivity index (χ0n) is 8.15. The number of nitrogens with zero attached hydrogens (tertiary/aromatic N) is 2. The fourth-order valence-electron chi connectivity index (χ4n) is 1.09. The van der Waals surface area contributed by atoms with Crippen LogP contribution in [0, 0.1) is 0 Å². The molecule has 0 radical (unpaired) electrons. The Bertz CT molecular complexity index is 258. The van der Waals surface area contributed by atoms with Crippen LogP contribution in [0.4, 0.5) is 0 Å². The van der Waals surface area contributed by atoms with Crippen LogP contribution in [0.2, 0.25) is 0 Å². The Morgan fingerprint density at radius 2 is 2.43 bits per heavy atom. The van der Waals surface area contributed by atoms with Crippen molar-refractivity contribution in [3.63, 3.8) is 0 Å². The van der Waals surface area contributed by atoms with Gasteiger partial charge in [0, 0.05) is 25.4 Å². The van der Waals surface area contributed by atoms with E-state index in [9.17, 15) is 4.79 Å². The van der Waals surface area contributed by atoms with E-state index >= 15 is 0 Å². The Balaban J connectivity index is 2.06. The summed E-state index contributed by atoms with van der Waals surface area (Å²) in [4.78, 5) is 11.1. The summed E-state index contributed by atoms with van der Waals surface area (Å²) in [6.07, 6.45) is 4.84. The Labute approximate surface area is 83.3 Å². The average molecular weight is 196 g/mol. The van der Waals surface area contributed by atoms with E-state index in [1.165, 1.54) is 0 Å². The van der Waals surface area contributed by atoms with Crippen LogP contribution in [0.15, 0.2) is 18.5 Å². The molecule has 0 saturated heterocycles. The molecule has 5 nitrogen and oxygen atoms in total. The van der Waals surface area contributed by atoms with Gasteiger partial charge in [0.25, 0.3) is 0 Å². The molecule has 1 amide bonds. The van der Waals surface area contributed by atoms with Crippen molar-refractivity contribution in [1.29, 1.82) is 0 Å². The van der Waals surface area contributed by atoms with Gasteiger partial charge in [-0.3, -0.25) is 9.48 Å². The van der Waals surface area contributed by atoms with E-state index < -0.39 is 0 Å². The smallest absolute Gasteiger partial charge is 0.220 e. The minimum absolute atomic E-state index is 0.0580. The fraction of sp³-hybridized carbons (Fsp3) is 0.556. The molecule has 1 rings (SSSR count). The van der Waals surface area contributed by atoms with Crippen LogP contribution in [0.3, 0.4) is 0 Å². The molecule has 0 aliphatic carbocycles. The lowest BCUT2D eigenvalue weighted by atomic mass is 10.3. The van der Waals surface area contributed by atoms with Crippen LogP contribution >= 0.6 is 0 Å². The average Bonchev–Trinajstić information content (AvgIpc) is 2.67. The summed E-state index contributed by atoms with van der Waals surface area (Å²) in [5.74, 6) is 0.0580. The van der Waals surface area contributed by atoms with Gasteiger partial charge < -0.3 is 11.1 Å². The summed E-state index contributed by atoms with van der Waals surface area (Å²) in [6.45, 7) is 1.89. The lowest BCUT2D eigenvalue weighted by Crippen LogP contribution is -2.27. The number of nitrogens with one attached hydrogen (secondary N) is 1. The molecule has 1 aromatic heterocycles. The maximum Gasteiger partial charge on any atom is 0.220 e. The van der Waals surface area contributed by atoms with Gasteiger partial charge in [0.15, 0.2) is 0 Å². The summed E-state index contributed by atoms with van der Waals surface area (Å²) >= 11 is 0. The van der Waals surface area contributed by atoms with E-state index in [-0.39, 0.29) is 5.91 Å². The molecule has 0 spiro atoms. The first kappa shape index (κ1) is 10.7. The molecule has 0 aliphatic heterocycles. The van der Waals surface area contributed by atoms with Crippen LogP contribution in [0.1, 0.15) is 12.8 Å². The number of rotatable bonds is 6. The SMILES string of the molecule is NCCCC(=O)NCCn1cccn1. The van der Waals surface area contributed by atoms with Crippen molar-refractivity contribution >= 4 is 5.91 Å². The van der Waals surface area contributed by atoms with Crippen LogP contribution in [0.25, 0.3) is 0 Å². The summed E-state index contributed by atoms with van der Waals surface area (Å²) < 4.78 is 1.78. The van der Waals surface area contributed by atoms with Gasteiger partial charge in [-0.15, -0.1) is 0 Å². The first-order valence-corrected chi connectivity index (χ1v) is 4.77. The van der Waals surface area contributed by atoms with Gasteiger partial charge in [0.1, 0.15) is 0 Å². The van der Waals surface area contributed by atoms with Gasteiger partial charge in [0.05, 0.1) is 6.54 Å². The van der Waals surface area contributed by atoms with Crippen LogP contribution < -0.4 is 11.1 Å². The number of aromatic nitrogens is 2. The number of carbonyl (C=O) groups is 1. The Kier molecular flexibility index (Phi) is 4.71. The molecule has 3 N–H and O–H groups in total. The lowest BCUT2D eigenvalue weighted by Gasteiger charge is -2.04. The third-order valence-corrected chi connectivity index (χ3v) is 1.83. The number of hydrogen-bond donors (Lipinski definition) is 2. The third kappa shape index (κ3) is 4.04. The highest BCUT2D eigenvalue weighted by molar-refractivity contribution is 5.75. The predicted octanol–water partition coefficient (Wildman–Crippen LogP) is -0.262. The zero-order valence-corrected chi connectivity index (χ0v) is 8.15. The standard InChI is InChI=1S/C9H16N4O/c10-4-1-3-9(14)11-6-8-13-7-2-5-12-13/h2,5,7H,1,3-4,6,8,10H2,(H,11,14). The van der Waals surface area contributed by atoms with E-state index in [0.29, 0.717) is 26.1 Å². The molecule has 0 fully saturated rings. The summed E-state index contributed by atoms with van der Waals surface area (Å²) in [7, 11) is 0. The lowest BCUT2D eigenvalue weighted by molar-refractivity contribution is -0.121. The van der Waals surface area contributed by atoms with E-state index in [4.69, 9.17) is 5.73 Å². The zero-order chi connectivity index (χ0) is 10.2. The number of carbonyl (C=O) groups excluding carboxylic acids is 1. The van der Waals surface area contributed by atoms with Crippen molar-refractivity contribution in [3.05, 3.63) is 18.5 Å². The summed E-state index contributed by atoms with van der Waals surface area (Å²) in [6, 6.07) is 1.86. The van der Waals surface area contributed by atoms with E-state index in [0.717, 1.165) is 6.42 Å². The minimum Gasteiger partial charge on any atom is -0.354 e. The van der Waals surface area contributed by atoms with Crippen LogP contribution in [0.5, 0.6) is 0 Å². The van der Waals surface area contributed by atoms with E-state index in [1.807, 2.05) is 12.3 Å². The third-order valence-electron chi connectivity index (χ3n) is 1.83. The normalized spacial score (nSPS) is 10.1. The first-order valence-electron chi connectivity index (χ1n) is 4.77. The fourth-order valence-corrected chi connectivity index (χ4v) is 1.09. The molecule has 0 aliphatic rings. The molecule has 0 aromatic carbocycles. The number of nitrogens with two attached hydrogens (primary N) is 1. The van der Waals surface area contributed by atoms with Crippen LogP contribution in [-0.2, 0) is 11.3 Å². The molecule has 0 atom stereocenters. The molecule has 0 saturated carbocycles. The second-order valence-electron chi connectivity index (χ2n) is 3.01. The van der Waals surface area contributed by atoms with Crippen molar-refractivity contribution in [2.24, 2.45) is 5.73 Å². The molecule has 14 heavy (non-hydrogen) atoms. The highest BCUT2D eigenvalue weighted by atomic mass is 16.1. The molecule has 5 heteroatoms. The Morgan fingerprint density at radius 3 is 3.07 bits per heavy atom. The van der Waals surface area contributed by atoms with Gasteiger partial charge in [-0.1, -0.05) is 0 Å². The second-order valence-corrected chi connectivity index (χ2v) is 3.01. The van der Waals surface area contributed by atoms with Crippen molar-refractivity contribution < 1.29 is 4.79 Å². The van der Waals surface area contributed by atoms with Gasteiger partial charge >= 0.3 is 0 Å². The highest BCUT2D eigenvalue weighted by Gasteiger charge is 1.98. The highest BCUT2D eigenvalue weighted by Crippen LogP contribution is 1.86. The Hall–Kier alpha value is -1.36. The number of amides is 1. The first-order chi connectivity index (χ1) is 6.83.